The molecule has 0 unspecified atom stereocenters. The molecule has 0 spiro atoms. The minimum absolute atomic E-state index is 0.824. The van der Waals surface area contributed by atoms with Crippen LogP contribution in [0.5, 0.6) is 0 Å². The van der Waals surface area contributed by atoms with Gasteiger partial charge in [0.1, 0.15) is 5.65 Å². The SMILES string of the molecule is c1ccc2c(c1)c1cccnc1n2CC1CCCCC1. The highest BCUT2D eigenvalue weighted by molar-refractivity contribution is 6.06. The summed E-state index contributed by atoms with van der Waals surface area (Å²) in [6.07, 6.45) is 8.88. The van der Waals surface area contributed by atoms with Gasteiger partial charge in [0.2, 0.25) is 0 Å². The Bertz CT molecular complexity index is 682. The summed E-state index contributed by atoms with van der Waals surface area (Å²) in [4.78, 5) is 4.65. The van der Waals surface area contributed by atoms with E-state index in [2.05, 4.69) is 39.9 Å². The summed E-state index contributed by atoms with van der Waals surface area (Å²) in [5.41, 5.74) is 2.49. The lowest BCUT2D eigenvalue weighted by Gasteiger charge is -2.22. The number of hydrogen-bond acceptors (Lipinski definition) is 1. The number of fused-ring (bicyclic) bond motifs is 3. The predicted molar refractivity (Wildman–Crippen MR) is 83.8 cm³/mol. The predicted octanol–water partition coefficient (Wildman–Crippen LogP) is 4.77. The maximum atomic E-state index is 4.65. The van der Waals surface area contributed by atoms with E-state index in [0.29, 0.717) is 0 Å². The van der Waals surface area contributed by atoms with Gasteiger partial charge in [0, 0.05) is 23.5 Å². The zero-order valence-corrected chi connectivity index (χ0v) is 11.8. The normalized spacial score (nSPS) is 17.0. The number of pyridine rings is 1. The van der Waals surface area contributed by atoms with Crippen molar-refractivity contribution in [1.82, 2.24) is 9.55 Å². The van der Waals surface area contributed by atoms with Crippen LogP contribution in [0.3, 0.4) is 0 Å². The molecule has 0 bridgehead atoms. The number of nitrogens with zero attached hydrogens (tertiary/aromatic N) is 2. The second-order valence-corrected chi connectivity index (χ2v) is 6.01. The Kier molecular flexibility index (Phi) is 2.95. The Morgan fingerprint density at radius 3 is 2.65 bits per heavy atom. The highest BCUT2D eigenvalue weighted by atomic mass is 15.0. The van der Waals surface area contributed by atoms with Crippen LogP contribution in [0.4, 0.5) is 0 Å². The Labute approximate surface area is 119 Å². The van der Waals surface area contributed by atoms with Gasteiger partial charge in [0.15, 0.2) is 0 Å². The number of hydrogen-bond donors (Lipinski definition) is 0. The molecule has 0 aliphatic heterocycles. The average molecular weight is 264 g/mol. The van der Waals surface area contributed by atoms with Crippen molar-refractivity contribution in [3.8, 4) is 0 Å². The van der Waals surface area contributed by atoms with Gasteiger partial charge in [-0.2, -0.15) is 0 Å². The fourth-order valence-corrected chi connectivity index (χ4v) is 3.69. The van der Waals surface area contributed by atoms with Gasteiger partial charge in [-0.3, -0.25) is 0 Å². The second-order valence-electron chi connectivity index (χ2n) is 6.01. The van der Waals surface area contributed by atoms with E-state index >= 15 is 0 Å². The first-order valence-corrected chi connectivity index (χ1v) is 7.75. The highest BCUT2D eigenvalue weighted by Gasteiger charge is 2.17. The van der Waals surface area contributed by atoms with E-state index in [9.17, 15) is 0 Å². The molecule has 1 aliphatic rings. The van der Waals surface area contributed by atoms with Crippen LogP contribution in [0.15, 0.2) is 42.6 Å². The molecule has 4 rings (SSSR count). The van der Waals surface area contributed by atoms with Crippen LogP contribution in [0.2, 0.25) is 0 Å². The molecule has 0 saturated heterocycles. The molecule has 2 heteroatoms. The van der Waals surface area contributed by atoms with Crippen LogP contribution in [-0.4, -0.2) is 9.55 Å². The maximum absolute atomic E-state index is 4.65. The third kappa shape index (κ3) is 1.91. The fraction of sp³-hybridized carbons (Fsp3) is 0.389. The summed E-state index contributed by atoms with van der Waals surface area (Å²) >= 11 is 0. The van der Waals surface area contributed by atoms with Crippen molar-refractivity contribution in [2.45, 2.75) is 38.6 Å². The van der Waals surface area contributed by atoms with Gasteiger partial charge in [-0.1, -0.05) is 37.5 Å². The van der Waals surface area contributed by atoms with Gasteiger partial charge in [0.25, 0.3) is 0 Å². The van der Waals surface area contributed by atoms with Crippen molar-refractivity contribution in [2.24, 2.45) is 5.92 Å². The molecule has 3 aromatic rings. The van der Waals surface area contributed by atoms with E-state index in [0.717, 1.165) is 18.1 Å². The van der Waals surface area contributed by atoms with Crippen molar-refractivity contribution in [3.63, 3.8) is 0 Å². The van der Waals surface area contributed by atoms with Crippen LogP contribution in [0.25, 0.3) is 21.9 Å². The Balaban J connectivity index is 1.86. The molecule has 102 valence electrons. The zero-order chi connectivity index (χ0) is 13.4. The first kappa shape index (κ1) is 12.0. The molecule has 2 heterocycles. The minimum atomic E-state index is 0.824. The largest absolute Gasteiger partial charge is 0.325 e. The number of benzene rings is 1. The lowest BCUT2D eigenvalue weighted by atomic mass is 9.89. The number of para-hydroxylation sites is 1. The molecule has 1 aliphatic carbocycles. The van der Waals surface area contributed by atoms with Crippen LogP contribution in [0, 0.1) is 5.92 Å². The molecule has 0 N–H and O–H groups in total. The summed E-state index contributed by atoms with van der Waals surface area (Å²) in [5, 5.41) is 2.63. The molecular formula is C18H20N2. The van der Waals surface area contributed by atoms with Crippen molar-refractivity contribution >= 4 is 21.9 Å². The quantitative estimate of drug-likeness (QED) is 0.652. The van der Waals surface area contributed by atoms with E-state index in [1.165, 1.54) is 48.4 Å². The van der Waals surface area contributed by atoms with Crippen molar-refractivity contribution in [3.05, 3.63) is 42.6 Å². The van der Waals surface area contributed by atoms with E-state index in [-0.39, 0.29) is 0 Å². The zero-order valence-electron chi connectivity index (χ0n) is 11.8. The first-order valence-electron chi connectivity index (χ1n) is 7.75. The summed E-state index contributed by atoms with van der Waals surface area (Å²) < 4.78 is 2.45. The smallest absolute Gasteiger partial charge is 0.140 e. The standard InChI is InChI=1S/C18H20N2/c1-2-7-14(8-3-1)13-20-17-11-5-4-9-15(17)16-10-6-12-19-18(16)20/h4-6,9-12,14H,1-3,7-8,13H2. The molecule has 1 saturated carbocycles. The van der Waals surface area contributed by atoms with E-state index in [1.54, 1.807) is 0 Å². The molecule has 0 amide bonds. The van der Waals surface area contributed by atoms with Gasteiger partial charge in [-0.15, -0.1) is 0 Å². The highest BCUT2D eigenvalue weighted by Crippen LogP contribution is 2.31. The fourth-order valence-electron chi connectivity index (χ4n) is 3.69. The summed E-state index contributed by atoms with van der Waals surface area (Å²) in [5.74, 6) is 0.824. The van der Waals surface area contributed by atoms with Gasteiger partial charge in [-0.05, 0) is 37.0 Å². The maximum Gasteiger partial charge on any atom is 0.140 e. The van der Waals surface area contributed by atoms with Gasteiger partial charge in [-0.25, -0.2) is 4.98 Å². The topological polar surface area (TPSA) is 17.8 Å². The summed E-state index contributed by atoms with van der Waals surface area (Å²) in [6, 6.07) is 13.0. The second kappa shape index (κ2) is 4.93. The first-order chi connectivity index (χ1) is 9.93. The van der Waals surface area contributed by atoms with Crippen LogP contribution in [0.1, 0.15) is 32.1 Å². The molecule has 2 aromatic heterocycles. The van der Waals surface area contributed by atoms with Crippen molar-refractivity contribution in [2.75, 3.05) is 0 Å². The molecule has 0 atom stereocenters. The van der Waals surface area contributed by atoms with Crippen molar-refractivity contribution in [1.29, 1.82) is 0 Å². The van der Waals surface area contributed by atoms with Gasteiger partial charge >= 0.3 is 0 Å². The summed E-state index contributed by atoms with van der Waals surface area (Å²) in [7, 11) is 0. The monoisotopic (exact) mass is 264 g/mol. The Morgan fingerprint density at radius 1 is 0.950 bits per heavy atom. The number of rotatable bonds is 2. The third-order valence-electron chi connectivity index (χ3n) is 4.69. The van der Waals surface area contributed by atoms with Crippen LogP contribution in [-0.2, 0) is 6.54 Å². The Morgan fingerprint density at radius 2 is 1.75 bits per heavy atom. The molecule has 2 nitrogen and oxygen atoms in total. The summed E-state index contributed by atoms with van der Waals surface area (Å²) in [6.45, 7) is 1.13. The lowest BCUT2D eigenvalue weighted by Crippen LogP contribution is -2.14. The molecule has 1 fully saturated rings. The van der Waals surface area contributed by atoms with Gasteiger partial charge in [0.05, 0.1) is 5.52 Å². The molecule has 1 aromatic carbocycles. The van der Waals surface area contributed by atoms with Crippen LogP contribution < -0.4 is 0 Å². The lowest BCUT2D eigenvalue weighted by molar-refractivity contribution is 0.325. The van der Waals surface area contributed by atoms with E-state index in [1.807, 2.05) is 12.3 Å². The van der Waals surface area contributed by atoms with Crippen LogP contribution >= 0.6 is 0 Å². The van der Waals surface area contributed by atoms with Crippen molar-refractivity contribution < 1.29 is 0 Å². The Hall–Kier alpha value is -1.83. The average Bonchev–Trinajstić information content (AvgIpc) is 2.84. The molecule has 20 heavy (non-hydrogen) atoms. The van der Waals surface area contributed by atoms with E-state index < -0.39 is 0 Å². The third-order valence-corrected chi connectivity index (χ3v) is 4.69. The van der Waals surface area contributed by atoms with E-state index in [4.69, 9.17) is 0 Å². The van der Waals surface area contributed by atoms with Gasteiger partial charge < -0.3 is 4.57 Å². The minimum Gasteiger partial charge on any atom is -0.325 e. The molecule has 0 radical (unpaired) electrons. The number of aromatic nitrogens is 2. The molecular weight excluding hydrogens is 244 g/mol.